The fourth-order valence-electron chi connectivity index (χ4n) is 8.50. The minimum atomic E-state index is -0.363. The SMILES string of the molecule is N#CC(C#N)=Cc1ccc(-c2cc3c(s2)-c2sc4c5c(sc4c2OC32CCCCC2)-c2sc(-c3ccc(C=C(C#N)C#N)s3)cc2C2(CCCCC2)O5)s1. The Balaban J connectivity index is 1.11. The predicted octanol–water partition coefficient (Wildman–Crippen LogP) is 13.8. The molecular formula is C42H28N4O2S6. The van der Waals surface area contributed by atoms with Crippen molar-refractivity contribution in [1.29, 1.82) is 21.0 Å². The van der Waals surface area contributed by atoms with Gasteiger partial charge in [-0.25, -0.2) is 0 Å². The minimum Gasteiger partial charge on any atom is -0.479 e. The van der Waals surface area contributed by atoms with Crippen LogP contribution in [0.25, 0.3) is 60.6 Å². The lowest BCUT2D eigenvalue weighted by molar-refractivity contribution is 0.0258. The monoisotopic (exact) mass is 812 g/mol. The van der Waals surface area contributed by atoms with Crippen LogP contribution >= 0.6 is 68.0 Å². The Labute approximate surface area is 336 Å². The molecule has 10 rings (SSSR count). The Morgan fingerprint density at radius 2 is 0.907 bits per heavy atom. The topological polar surface area (TPSA) is 114 Å². The van der Waals surface area contributed by atoms with Gasteiger partial charge in [0.25, 0.3) is 0 Å². The van der Waals surface area contributed by atoms with Crippen LogP contribution < -0.4 is 9.47 Å². The van der Waals surface area contributed by atoms with Gasteiger partial charge in [0.1, 0.15) is 46.6 Å². The maximum Gasteiger partial charge on any atom is 0.158 e. The van der Waals surface area contributed by atoms with Gasteiger partial charge in [0, 0.05) is 40.4 Å². The first kappa shape index (κ1) is 34.0. The van der Waals surface area contributed by atoms with Gasteiger partial charge in [0.15, 0.2) is 11.5 Å². The summed E-state index contributed by atoms with van der Waals surface area (Å²) in [6.07, 6.45) is 14.3. The summed E-state index contributed by atoms with van der Waals surface area (Å²) in [6, 6.07) is 20.8. The van der Waals surface area contributed by atoms with Crippen LogP contribution in [0, 0.1) is 45.3 Å². The summed E-state index contributed by atoms with van der Waals surface area (Å²) in [6.45, 7) is 0. The molecule has 8 heterocycles. The number of ether oxygens (including phenoxy) is 2. The average Bonchev–Trinajstić information content (AvgIpc) is 4.05. The van der Waals surface area contributed by atoms with E-state index in [0.29, 0.717) is 0 Å². The fourth-order valence-corrected chi connectivity index (χ4v) is 15.9. The molecule has 2 saturated carbocycles. The summed E-state index contributed by atoms with van der Waals surface area (Å²) in [7, 11) is 0. The van der Waals surface area contributed by atoms with Gasteiger partial charge in [0.05, 0.1) is 28.9 Å². The van der Waals surface area contributed by atoms with Crippen LogP contribution in [0.3, 0.4) is 0 Å². The number of allylic oxidation sites excluding steroid dienone is 2. The molecule has 2 spiro atoms. The van der Waals surface area contributed by atoms with E-state index in [4.69, 9.17) is 9.47 Å². The zero-order valence-corrected chi connectivity index (χ0v) is 33.6. The predicted molar refractivity (Wildman–Crippen MR) is 222 cm³/mol. The Hall–Kier alpha value is -4.50. The van der Waals surface area contributed by atoms with Gasteiger partial charge in [-0.2, -0.15) is 21.0 Å². The molecule has 264 valence electrons. The highest BCUT2D eigenvalue weighted by molar-refractivity contribution is 7.35. The quantitative estimate of drug-likeness (QED) is 0.164. The zero-order chi connectivity index (χ0) is 36.6. The van der Waals surface area contributed by atoms with Crippen LogP contribution in [0.5, 0.6) is 11.5 Å². The third-order valence-electron chi connectivity index (χ3n) is 11.0. The number of thiophene rings is 6. The molecule has 6 aromatic rings. The maximum absolute atomic E-state index is 9.31. The number of nitriles is 4. The van der Waals surface area contributed by atoms with Crippen molar-refractivity contribution in [2.45, 2.75) is 75.4 Å². The third kappa shape index (κ3) is 5.28. The second-order valence-corrected chi connectivity index (χ2v) is 20.5. The van der Waals surface area contributed by atoms with Crippen LogP contribution in [0.4, 0.5) is 0 Å². The molecular weight excluding hydrogens is 785 g/mol. The normalized spacial score (nSPS) is 17.0. The second-order valence-electron chi connectivity index (χ2n) is 14.2. The zero-order valence-electron chi connectivity index (χ0n) is 28.7. The van der Waals surface area contributed by atoms with E-state index in [0.717, 1.165) is 82.4 Å². The number of nitrogens with zero attached hydrogens (tertiary/aromatic N) is 4. The summed E-state index contributed by atoms with van der Waals surface area (Å²) < 4.78 is 17.1. The van der Waals surface area contributed by atoms with E-state index in [1.54, 1.807) is 34.8 Å². The number of fused-ring (bicyclic) bond motifs is 11. The van der Waals surface area contributed by atoms with Gasteiger partial charge < -0.3 is 9.47 Å². The largest absolute Gasteiger partial charge is 0.479 e. The lowest BCUT2D eigenvalue weighted by atomic mass is 9.78. The van der Waals surface area contributed by atoms with Crippen LogP contribution in [-0.4, -0.2) is 0 Å². The summed E-state index contributed by atoms with van der Waals surface area (Å²) in [5.41, 5.74) is 2.09. The summed E-state index contributed by atoms with van der Waals surface area (Å²) >= 11 is 10.5. The number of hydrogen-bond donors (Lipinski definition) is 0. The van der Waals surface area contributed by atoms with Gasteiger partial charge >= 0.3 is 0 Å². The van der Waals surface area contributed by atoms with E-state index >= 15 is 0 Å². The molecule has 0 saturated heterocycles. The van der Waals surface area contributed by atoms with Crippen molar-refractivity contribution in [1.82, 2.24) is 0 Å². The Kier molecular flexibility index (Phi) is 8.24. The molecule has 2 aliphatic heterocycles. The molecule has 0 N–H and O–H groups in total. The van der Waals surface area contributed by atoms with Crippen molar-refractivity contribution in [3.63, 3.8) is 0 Å². The van der Waals surface area contributed by atoms with E-state index in [-0.39, 0.29) is 22.3 Å². The van der Waals surface area contributed by atoms with E-state index in [1.165, 1.54) is 62.6 Å². The maximum atomic E-state index is 9.31. The summed E-state index contributed by atoms with van der Waals surface area (Å²) in [5.74, 6) is 2.03. The third-order valence-corrected chi connectivity index (χ3v) is 18.5. The van der Waals surface area contributed by atoms with Gasteiger partial charge in [-0.15, -0.1) is 68.0 Å². The number of hydrogen-bond acceptors (Lipinski definition) is 12. The van der Waals surface area contributed by atoms with Crippen LogP contribution in [0.1, 0.15) is 85.1 Å². The molecule has 0 atom stereocenters. The van der Waals surface area contributed by atoms with E-state index < -0.39 is 0 Å². The number of rotatable bonds is 4. The molecule has 0 aromatic carbocycles. The Morgan fingerprint density at radius 1 is 0.500 bits per heavy atom. The minimum absolute atomic E-state index is 0.110. The summed E-state index contributed by atoms with van der Waals surface area (Å²) in [5, 5.41) is 37.2. The molecule has 2 fully saturated rings. The molecule has 12 heteroatoms. The van der Waals surface area contributed by atoms with Crippen LogP contribution in [0.2, 0.25) is 0 Å². The van der Waals surface area contributed by atoms with Crippen molar-refractivity contribution in [3.8, 4) is 74.8 Å². The Morgan fingerprint density at radius 3 is 1.30 bits per heavy atom. The molecule has 6 aromatic heterocycles. The lowest BCUT2D eigenvalue weighted by Crippen LogP contribution is -2.37. The summed E-state index contributed by atoms with van der Waals surface area (Å²) in [4.78, 5) is 11.4. The van der Waals surface area contributed by atoms with Crippen LogP contribution in [-0.2, 0) is 11.2 Å². The first-order valence-electron chi connectivity index (χ1n) is 18.0. The van der Waals surface area contributed by atoms with Crippen LogP contribution in [0.15, 0.2) is 47.5 Å². The first-order valence-corrected chi connectivity index (χ1v) is 22.9. The molecule has 2 aliphatic carbocycles. The second kappa shape index (κ2) is 13.1. The van der Waals surface area contributed by atoms with E-state index in [2.05, 4.69) is 24.3 Å². The Bertz CT molecular complexity index is 2540. The average molecular weight is 813 g/mol. The highest BCUT2D eigenvalue weighted by Gasteiger charge is 2.48. The molecule has 0 unspecified atom stereocenters. The smallest absolute Gasteiger partial charge is 0.158 e. The highest BCUT2D eigenvalue weighted by Crippen LogP contribution is 2.67. The molecule has 0 bridgehead atoms. The van der Waals surface area contributed by atoms with E-state index in [9.17, 15) is 21.0 Å². The van der Waals surface area contributed by atoms with Crippen molar-refractivity contribution in [3.05, 3.63) is 68.4 Å². The molecule has 4 aliphatic rings. The fraction of sp³-hybridized carbons (Fsp3) is 0.286. The van der Waals surface area contributed by atoms with Crippen molar-refractivity contribution in [2.75, 3.05) is 0 Å². The van der Waals surface area contributed by atoms with Gasteiger partial charge in [-0.3, -0.25) is 0 Å². The standard InChI is InChI=1S/C42H28N4O2S6/c43-19-23(20-44)15-25-7-9-29(49-25)31-17-27-35(51-31)37-33(47-41(27)11-3-1-4-12-41)39-40(53-37)34-38(54-39)36-28(42(48-34)13-5-2-6-14-42)18-32(52-36)30-10-8-26(50-30)16-24(21-45)22-46/h7-10,15-18H,1-6,11-14H2. The van der Waals surface area contributed by atoms with E-state index in [1.807, 2.05) is 81.8 Å². The first-order chi connectivity index (χ1) is 26.4. The van der Waals surface area contributed by atoms with Crippen molar-refractivity contribution in [2.24, 2.45) is 0 Å². The van der Waals surface area contributed by atoms with Gasteiger partial charge in [-0.1, -0.05) is 12.8 Å². The lowest BCUT2D eigenvalue weighted by Gasteiger charge is -2.41. The molecule has 0 amide bonds. The molecule has 0 radical (unpaired) electrons. The van der Waals surface area contributed by atoms with Gasteiger partial charge in [0.2, 0.25) is 0 Å². The van der Waals surface area contributed by atoms with Gasteiger partial charge in [-0.05, 0) is 99.9 Å². The highest BCUT2D eigenvalue weighted by atomic mass is 32.1. The molecule has 6 nitrogen and oxygen atoms in total. The van der Waals surface area contributed by atoms with Crippen molar-refractivity contribution >= 4 is 89.6 Å². The molecule has 54 heavy (non-hydrogen) atoms. The van der Waals surface area contributed by atoms with Crippen molar-refractivity contribution < 1.29 is 9.47 Å².